The second-order valence-electron chi connectivity index (χ2n) is 8.20. The number of aryl methyl sites for hydroxylation is 2. The molecule has 0 spiro atoms. The van der Waals surface area contributed by atoms with Crippen molar-refractivity contribution in [3.05, 3.63) is 93.5 Å². The van der Waals surface area contributed by atoms with Crippen LogP contribution in [-0.4, -0.2) is 34.2 Å². The van der Waals surface area contributed by atoms with Crippen molar-refractivity contribution < 1.29 is 14.3 Å². The Balaban J connectivity index is 1.58. The molecule has 3 aromatic carbocycles. The van der Waals surface area contributed by atoms with E-state index in [0.717, 1.165) is 16.8 Å². The van der Waals surface area contributed by atoms with Crippen molar-refractivity contribution in [3.63, 3.8) is 0 Å². The lowest BCUT2D eigenvalue weighted by atomic mass is 10.1. The molecule has 1 aliphatic heterocycles. The van der Waals surface area contributed by atoms with E-state index in [2.05, 4.69) is 0 Å². The van der Waals surface area contributed by atoms with Crippen molar-refractivity contribution in [2.45, 2.75) is 20.4 Å². The Labute approximate surface area is 190 Å². The highest BCUT2D eigenvalue weighted by atomic mass is 16.7. The van der Waals surface area contributed by atoms with E-state index in [0.29, 0.717) is 33.8 Å². The minimum Gasteiger partial charge on any atom is -0.454 e. The minimum atomic E-state index is -0.206. The molecule has 4 aromatic rings. The highest BCUT2D eigenvalue weighted by Crippen LogP contribution is 2.32. The Hall–Kier alpha value is -4.13. The second kappa shape index (κ2) is 8.09. The van der Waals surface area contributed by atoms with Crippen LogP contribution in [0.1, 0.15) is 27.3 Å². The van der Waals surface area contributed by atoms with E-state index in [9.17, 15) is 9.59 Å². The van der Waals surface area contributed by atoms with E-state index in [1.807, 2.05) is 50.2 Å². The largest absolute Gasteiger partial charge is 0.454 e. The van der Waals surface area contributed by atoms with E-state index in [1.165, 1.54) is 0 Å². The van der Waals surface area contributed by atoms with Gasteiger partial charge >= 0.3 is 0 Å². The molecule has 1 aliphatic rings. The van der Waals surface area contributed by atoms with Gasteiger partial charge in [-0.1, -0.05) is 29.8 Å². The maximum atomic E-state index is 13.5. The summed E-state index contributed by atoms with van der Waals surface area (Å²) in [6.45, 7) is 4.28. The fraction of sp³-hybridized carbons (Fsp3) is 0.192. The Morgan fingerprint density at radius 3 is 2.64 bits per heavy atom. The molecule has 0 radical (unpaired) electrons. The topological polar surface area (TPSA) is 73.7 Å². The fourth-order valence-electron chi connectivity index (χ4n) is 4.12. The van der Waals surface area contributed by atoms with Crippen LogP contribution in [0, 0.1) is 13.8 Å². The Morgan fingerprint density at radius 1 is 1.03 bits per heavy atom. The van der Waals surface area contributed by atoms with Crippen molar-refractivity contribution in [2.75, 3.05) is 13.8 Å². The highest BCUT2D eigenvalue weighted by molar-refractivity contribution is 5.94. The number of amides is 1. The van der Waals surface area contributed by atoms with Gasteiger partial charge in [-0.2, -0.15) is 0 Å². The standard InChI is InChI=1S/C26H23N3O4/c1-16-8-10-21(17(2)12-16)29-24(27-20-7-5-4-6-19(20)26(29)31)14-28(3)25(30)18-9-11-22-23(13-18)33-15-32-22/h4-13H,14-15H2,1-3H3. The molecule has 0 N–H and O–H groups in total. The number of rotatable bonds is 4. The van der Waals surface area contributed by atoms with Gasteiger partial charge in [-0.25, -0.2) is 4.98 Å². The first-order valence-corrected chi connectivity index (χ1v) is 10.7. The van der Waals surface area contributed by atoms with E-state index in [-0.39, 0.29) is 24.8 Å². The SMILES string of the molecule is Cc1ccc(-n2c(CN(C)C(=O)c3ccc4c(c3)OCO4)nc3ccccc3c2=O)c(C)c1. The van der Waals surface area contributed by atoms with Crippen molar-refractivity contribution in [1.29, 1.82) is 0 Å². The lowest BCUT2D eigenvalue weighted by Crippen LogP contribution is -2.32. The molecule has 7 heteroatoms. The predicted molar refractivity (Wildman–Crippen MR) is 125 cm³/mol. The first kappa shape index (κ1) is 20.8. The zero-order valence-electron chi connectivity index (χ0n) is 18.7. The summed E-state index contributed by atoms with van der Waals surface area (Å²) in [5, 5.41) is 0.533. The normalized spacial score (nSPS) is 12.2. The van der Waals surface area contributed by atoms with Gasteiger partial charge in [-0.05, 0) is 55.8 Å². The molecule has 7 nitrogen and oxygen atoms in total. The predicted octanol–water partition coefficient (Wildman–Crippen LogP) is 4.00. The van der Waals surface area contributed by atoms with Gasteiger partial charge in [0.2, 0.25) is 6.79 Å². The summed E-state index contributed by atoms with van der Waals surface area (Å²) in [7, 11) is 1.70. The number of nitrogens with zero attached hydrogens (tertiary/aromatic N) is 3. The Kier molecular flexibility index (Phi) is 5.09. The van der Waals surface area contributed by atoms with Gasteiger partial charge in [0.05, 0.1) is 23.1 Å². The third-order valence-electron chi connectivity index (χ3n) is 5.78. The summed E-state index contributed by atoms with van der Waals surface area (Å²) in [5.41, 5.74) is 3.73. The number of hydrogen-bond donors (Lipinski definition) is 0. The van der Waals surface area contributed by atoms with Gasteiger partial charge in [-0.3, -0.25) is 14.2 Å². The van der Waals surface area contributed by atoms with Crippen molar-refractivity contribution in [1.82, 2.24) is 14.5 Å². The van der Waals surface area contributed by atoms with Gasteiger partial charge in [0.15, 0.2) is 11.5 Å². The Morgan fingerprint density at radius 2 is 1.82 bits per heavy atom. The summed E-state index contributed by atoms with van der Waals surface area (Å²) in [6, 6.07) is 18.3. The minimum absolute atomic E-state index is 0.145. The third kappa shape index (κ3) is 3.71. The summed E-state index contributed by atoms with van der Waals surface area (Å²) in [4.78, 5) is 33.0. The van der Waals surface area contributed by atoms with Crippen LogP contribution >= 0.6 is 0 Å². The number of fused-ring (bicyclic) bond motifs is 2. The maximum Gasteiger partial charge on any atom is 0.266 e. The van der Waals surface area contributed by atoms with E-state index >= 15 is 0 Å². The maximum absolute atomic E-state index is 13.5. The molecule has 2 heterocycles. The van der Waals surface area contributed by atoms with Gasteiger partial charge in [0, 0.05) is 12.6 Å². The van der Waals surface area contributed by atoms with Crippen molar-refractivity contribution in [3.8, 4) is 17.2 Å². The summed E-state index contributed by atoms with van der Waals surface area (Å²) < 4.78 is 12.3. The number of benzene rings is 3. The lowest BCUT2D eigenvalue weighted by Gasteiger charge is -2.21. The summed E-state index contributed by atoms with van der Waals surface area (Å²) in [6.07, 6.45) is 0. The zero-order valence-corrected chi connectivity index (χ0v) is 18.7. The number of carbonyl (C=O) groups excluding carboxylic acids is 1. The van der Waals surface area contributed by atoms with E-state index in [1.54, 1.807) is 40.8 Å². The molecule has 0 saturated carbocycles. The lowest BCUT2D eigenvalue weighted by molar-refractivity contribution is 0.0780. The van der Waals surface area contributed by atoms with Crippen LogP contribution < -0.4 is 15.0 Å². The molecule has 1 amide bonds. The molecule has 166 valence electrons. The molecular formula is C26H23N3O4. The quantitative estimate of drug-likeness (QED) is 0.479. The molecule has 0 atom stereocenters. The zero-order chi connectivity index (χ0) is 23.1. The second-order valence-corrected chi connectivity index (χ2v) is 8.20. The van der Waals surface area contributed by atoms with Crippen LogP contribution in [0.5, 0.6) is 11.5 Å². The molecule has 0 unspecified atom stereocenters. The van der Waals surface area contributed by atoms with Gasteiger partial charge in [0.25, 0.3) is 11.5 Å². The average molecular weight is 441 g/mol. The summed E-state index contributed by atoms with van der Waals surface area (Å²) in [5.74, 6) is 1.45. The number of aromatic nitrogens is 2. The van der Waals surface area contributed by atoms with Gasteiger partial charge in [-0.15, -0.1) is 0 Å². The molecule has 1 aromatic heterocycles. The molecule has 0 aliphatic carbocycles. The van der Waals surface area contributed by atoms with Crippen LogP contribution in [0.4, 0.5) is 0 Å². The molecule has 0 fully saturated rings. The molecule has 0 bridgehead atoms. The summed E-state index contributed by atoms with van der Waals surface area (Å²) >= 11 is 0. The van der Waals surface area contributed by atoms with Crippen molar-refractivity contribution in [2.24, 2.45) is 0 Å². The van der Waals surface area contributed by atoms with Crippen LogP contribution in [0.2, 0.25) is 0 Å². The van der Waals surface area contributed by atoms with E-state index < -0.39 is 0 Å². The Bertz CT molecular complexity index is 1460. The first-order chi connectivity index (χ1) is 15.9. The van der Waals surface area contributed by atoms with Crippen molar-refractivity contribution >= 4 is 16.8 Å². The third-order valence-corrected chi connectivity index (χ3v) is 5.78. The number of carbonyl (C=O) groups is 1. The molecule has 33 heavy (non-hydrogen) atoms. The van der Waals surface area contributed by atoms with Crippen LogP contribution in [-0.2, 0) is 6.54 Å². The van der Waals surface area contributed by atoms with Gasteiger partial charge in [0.1, 0.15) is 5.82 Å². The molecule has 5 rings (SSSR count). The van der Waals surface area contributed by atoms with Crippen LogP contribution in [0.15, 0.2) is 65.5 Å². The van der Waals surface area contributed by atoms with E-state index in [4.69, 9.17) is 14.5 Å². The average Bonchev–Trinajstić information content (AvgIpc) is 3.28. The van der Waals surface area contributed by atoms with Crippen LogP contribution in [0.25, 0.3) is 16.6 Å². The number of ether oxygens (including phenoxy) is 2. The van der Waals surface area contributed by atoms with Gasteiger partial charge < -0.3 is 14.4 Å². The number of para-hydroxylation sites is 1. The first-order valence-electron chi connectivity index (χ1n) is 10.7. The molecular weight excluding hydrogens is 418 g/mol. The number of hydrogen-bond acceptors (Lipinski definition) is 5. The van der Waals surface area contributed by atoms with Crippen LogP contribution in [0.3, 0.4) is 0 Å². The molecule has 0 saturated heterocycles. The highest BCUT2D eigenvalue weighted by Gasteiger charge is 2.21. The monoisotopic (exact) mass is 441 g/mol. The smallest absolute Gasteiger partial charge is 0.266 e. The fourth-order valence-corrected chi connectivity index (χ4v) is 4.12.